The quantitative estimate of drug-likeness (QED) is 0.849. The van der Waals surface area contributed by atoms with E-state index in [0.717, 1.165) is 19.0 Å². The summed E-state index contributed by atoms with van der Waals surface area (Å²) in [6, 6.07) is 11.9. The first-order valence-corrected chi connectivity index (χ1v) is 6.07. The molecule has 0 aromatic heterocycles. The molecule has 2 aromatic carbocycles. The molecule has 0 spiro atoms. The van der Waals surface area contributed by atoms with Crippen molar-refractivity contribution in [3.63, 3.8) is 0 Å². The predicted octanol–water partition coefficient (Wildman–Crippen LogP) is 0.366. The van der Waals surface area contributed by atoms with Crippen LogP contribution in [0.5, 0.6) is 5.75 Å². The van der Waals surface area contributed by atoms with Crippen LogP contribution in [-0.2, 0) is 6.42 Å². The van der Waals surface area contributed by atoms with Crippen LogP contribution < -0.4 is 10.8 Å². The lowest BCUT2D eigenvalue weighted by Crippen LogP contribution is -2.51. The molecule has 0 atom stereocenters. The van der Waals surface area contributed by atoms with Crippen molar-refractivity contribution in [1.82, 2.24) is 0 Å². The van der Waals surface area contributed by atoms with E-state index in [4.69, 9.17) is 5.11 Å². The zero-order valence-electron chi connectivity index (χ0n) is 10.9. The summed E-state index contributed by atoms with van der Waals surface area (Å²) < 4.78 is 12.2. The van der Waals surface area contributed by atoms with E-state index in [9.17, 15) is 14.3 Å². The number of carbonyl (C=O) groups excluding carboxylic acids is 1. The molecular formula is C15H16FNO3. The molecule has 2 rings (SSSR count). The van der Waals surface area contributed by atoms with E-state index in [2.05, 4.69) is 5.73 Å². The van der Waals surface area contributed by atoms with E-state index in [1.54, 1.807) is 12.1 Å². The molecule has 5 heteroatoms. The summed E-state index contributed by atoms with van der Waals surface area (Å²) in [5.74, 6) is -1.60. The molecule has 106 valence electrons. The highest BCUT2D eigenvalue weighted by Crippen LogP contribution is 2.09. The van der Waals surface area contributed by atoms with Crippen molar-refractivity contribution in [1.29, 1.82) is 0 Å². The topological polar surface area (TPSA) is 88.0 Å². The normalized spacial score (nSPS) is 9.50. The first-order chi connectivity index (χ1) is 9.52. The Kier molecular flexibility index (Phi) is 6.19. The third-order valence-corrected chi connectivity index (χ3v) is 2.46. The maximum absolute atomic E-state index is 12.2. The van der Waals surface area contributed by atoms with Gasteiger partial charge in [0.1, 0.15) is 11.6 Å². The smallest absolute Gasteiger partial charge is 0.123 e. The second kappa shape index (κ2) is 7.91. The largest absolute Gasteiger partial charge is 0.545 e. The van der Waals surface area contributed by atoms with Gasteiger partial charge in [-0.3, -0.25) is 0 Å². The minimum Gasteiger partial charge on any atom is -0.545 e. The van der Waals surface area contributed by atoms with Crippen molar-refractivity contribution in [2.45, 2.75) is 6.42 Å². The number of hydrogen-bond donors (Lipinski definition) is 2. The van der Waals surface area contributed by atoms with Crippen LogP contribution in [0.1, 0.15) is 15.9 Å². The summed E-state index contributed by atoms with van der Waals surface area (Å²) in [6.45, 7) is 0.908. The number of phenols is 1. The van der Waals surface area contributed by atoms with Gasteiger partial charge in [0.25, 0.3) is 0 Å². The van der Waals surface area contributed by atoms with Crippen LogP contribution in [0.25, 0.3) is 0 Å². The maximum atomic E-state index is 12.2. The number of aromatic hydroxyl groups is 1. The number of quaternary nitrogens is 1. The zero-order valence-corrected chi connectivity index (χ0v) is 10.9. The molecule has 2 aromatic rings. The van der Waals surface area contributed by atoms with Crippen molar-refractivity contribution in [2.75, 3.05) is 6.54 Å². The summed E-state index contributed by atoms with van der Waals surface area (Å²) in [4.78, 5) is 10.1. The Morgan fingerprint density at radius 3 is 2.30 bits per heavy atom. The van der Waals surface area contributed by atoms with Gasteiger partial charge in [0.05, 0.1) is 12.5 Å². The minimum atomic E-state index is -1.36. The second-order valence-electron chi connectivity index (χ2n) is 4.07. The molecule has 4 N–H and O–H groups in total. The molecular weight excluding hydrogens is 261 g/mol. The van der Waals surface area contributed by atoms with Crippen LogP contribution in [-0.4, -0.2) is 17.6 Å². The minimum absolute atomic E-state index is 0.139. The highest BCUT2D eigenvalue weighted by atomic mass is 19.1. The van der Waals surface area contributed by atoms with E-state index in [1.165, 1.54) is 23.8 Å². The summed E-state index contributed by atoms with van der Waals surface area (Å²) in [7, 11) is 0. The Balaban J connectivity index is 0.000000200. The third-order valence-electron chi connectivity index (χ3n) is 2.46. The molecule has 4 nitrogen and oxygen atoms in total. The van der Waals surface area contributed by atoms with Crippen molar-refractivity contribution in [3.8, 4) is 5.75 Å². The number of hydrogen-bond acceptors (Lipinski definition) is 3. The van der Waals surface area contributed by atoms with E-state index < -0.39 is 11.8 Å². The number of phenolic OH excluding ortho intramolecular Hbond substituents is 1. The summed E-state index contributed by atoms with van der Waals surface area (Å²) in [5, 5.41) is 19.0. The first-order valence-electron chi connectivity index (χ1n) is 6.07. The predicted molar refractivity (Wildman–Crippen MR) is 70.3 cm³/mol. The molecule has 0 aliphatic rings. The fraction of sp³-hybridized carbons (Fsp3) is 0.133. The zero-order chi connectivity index (χ0) is 15.0. The molecule has 0 aliphatic heterocycles. The van der Waals surface area contributed by atoms with Gasteiger partial charge in [0.2, 0.25) is 0 Å². The lowest BCUT2D eigenvalue weighted by atomic mass is 10.1. The molecule has 0 amide bonds. The van der Waals surface area contributed by atoms with Gasteiger partial charge < -0.3 is 20.7 Å². The Bertz CT molecular complexity index is 555. The standard InChI is InChI=1S/C8H11NO.C7H5FO2/c9-6-5-7-1-3-8(10)4-2-7;8-6-3-1-2-5(4-6)7(9)10/h1-4,10H,5-6,9H2;1-4H,(H,9,10). The third kappa shape index (κ3) is 5.49. The molecule has 0 heterocycles. The second-order valence-corrected chi connectivity index (χ2v) is 4.07. The fourth-order valence-electron chi connectivity index (χ4n) is 1.48. The van der Waals surface area contributed by atoms with E-state index in [1.807, 2.05) is 12.1 Å². The fourth-order valence-corrected chi connectivity index (χ4v) is 1.48. The number of carboxylic acids is 1. The molecule has 20 heavy (non-hydrogen) atoms. The Hall–Kier alpha value is -2.40. The molecule has 0 saturated heterocycles. The number of aromatic carboxylic acids is 1. The average molecular weight is 277 g/mol. The van der Waals surface area contributed by atoms with Crippen molar-refractivity contribution < 1.29 is 25.1 Å². The molecule has 0 saturated carbocycles. The van der Waals surface area contributed by atoms with Crippen molar-refractivity contribution >= 4 is 5.97 Å². The Labute approximate surface area is 116 Å². The SMILES string of the molecule is O=C([O-])c1cccc(F)c1.[NH3+]CCc1ccc(O)cc1. The lowest BCUT2D eigenvalue weighted by molar-refractivity contribution is -0.366. The highest BCUT2D eigenvalue weighted by molar-refractivity contribution is 5.85. The molecule has 0 aliphatic carbocycles. The maximum Gasteiger partial charge on any atom is 0.123 e. The Morgan fingerprint density at radius 2 is 1.85 bits per heavy atom. The monoisotopic (exact) mass is 277 g/mol. The lowest BCUT2D eigenvalue weighted by Gasteiger charge is -1.99. The number of benzene rings is 2. The van der Waals surface area contributed by atoms with Crippen molar-refractivity contribution in [2.24, 2.45) is 0 Å². The van der Waals surface area contributed by atoms with Crippen LogP contribution in [0.2, 0.25) is 0 Å². The summed E-state index contributed by atoms with van der Waals surface area (Å²) >= 11 is 0. The van der Waals surface area contributed by atoms with Crippen LogP contribution in [0, 0.1) is 5.82 Å². The van der Waals surface area contributed by atoms with Crippen LogP contribution >= 0.6 is 0 Å². The highest BCUT2D eigenvalue weighted by Gasteiger charge is 1.93. The van der Waals surface area contributed by atoms with Gasteiger partial charge in [-0.05, 0) is 29.8 Å². The number of rotatable bonds is 3. The van der Waals surface area contributed by atoms with Gasteiger partial charge in [-0.25, -0.2) is 4.39 Å². The van der Waals surface area contributed by atoms with Crippen LogP contribution in [0.3, 0.4) is 0 Å². The average Bonchev–Trinajstić information content (AvgIpc) is 2.42. The molecule has 0 bridgehead atoms. The van der Waals surface area contributed by atoms with Gasteiger partial charge >= 0.3 is 0 Å². The molecule has 0 radical (unpaired) electrons. The number of halogens is 1. The van der Waals surface area contributed by atoms with E-state index in [0.29, 0.717) is 5.75 Å². The van der Waals surface area contributed by atoms with Gasteiger partial charge in [0, 0.05) is 12.0 Å². The van der Waals surface area contributed by atoms with Crippen LogP contribution in [0.15, 0.2) is 48.5 Å². The van der Waals surface area contributed by atoms with E-state index >= 15 is 0 Å². The van der Waals surface area contributed by atoms with Crippen molar-refractivity contribution in [3.05, 3.63) is 65.5 Å². The van der Waals surface area contributed by atoms with Gasteiger partial charge in [0.15, 0.2) is 0 Å². The number of carboxylic acid groups (broad SMARTS) is 1. The molecule has 0 unspecified atom stereocenters. The number of carbonyl (C=O) groups is 1. The van der Waals surface area contributed by atoms with E-state index in [-0.39, 0.29) is 5.56 Å². The van der Waals surface area contributed by atoms with Gasteiger partial charge in [-0.1, -0.05) is 24.3 Å². The Morgan fingerprint density at radius 1 is 1.20 bits per heavy atom. The van der Waals surface area contributed by atoms with Gasteiger partial charge in [-0.2, -0.15) is 0 Å². The molecule has 0 fully saturated rings. The first kappa shape index (κ1) is 15.7. The van der Waals surface area contributed by atoms with Crippen LogP contribution in [0.4, 0.5) is 4.39 Å². The summed E-state index contributed by atoms with van der Waals surface area (Å²) in [5.41, 5.74) is 4.83. The van der Waals surface area contributed by atoms with Gasteiger partial charge in [-0.15, -0.1) is 0 Å². The summed E-state index contributed by atoms with van der Waals surface area (Å²) in [6.07, 6.45) is 0.986.